The van der Waals surface area contributed by atoms with E-state index >= 15 is 0 Å². The van der Waals surface area contributed by atoms with Crippen molar-refractivity contribution in [2.24, 2.45) is 0 Å². The van der Waals surface area contributed by atoms with Gasteiger partial charge in [0.25, 0.3) is 0 Å². The molecule has 0 amide bonds. The molecule has 0 aromatic heterocycles. The van der Waals surface area contributed by atoms with Gasteiger partial charge in [-0.25, -0.2) is 0 Å². The number of piperidine rings is 1. The molecule has 1 aliphatic heterocycles. The Kier molecular flexibility index (Phi) is 4.00. The van der Waals surface area contributed by atoms with E-state index in [-0.39, 0.29) is 0 Å². The quantitative estimate of drug-likeness (QED) is 0.744. The highest BCUT2D eigenvalue weighted by molar-refractivity contribution is 5.46. The van der Waals surface area contributed by atoms with Gasteiger partial charge < -0.3 is 4.90 Å². The lowest BCUT2D eigenvalue weighted by molar-refractivity contribution is 0.238. The second-order valence-corrected chi connectivity index (χ2v) is 4.65. The van der Waals surface area contributed by atoms with Crippen molar-refractivity contribution in [3.63, 3.8) is 0 Å². The number of anilines is 1. The van der Waals surface area contributed by atoms with Crippen LogP contribution in [0.15, 0.2) is 30.3 Å². The Hall–Kier alpha value is -1.53. The fourth-order valence-corrected chi connectivity index (χ4v) is 2.43. The molecule has 1 aromatic rings. The Labute approximate surface area is 103 Å². The van der Waals surface area contributed by atoms with Crippen molar-refractivity contribution in [1.29, 1.82) is 5.26 Å². The van der Waals surface area contributed by atoms with Gasteiger partial charge in [0.05, 0.1) is 12.6 Å². The fraction of sp³-hybridized carbons (Fsp3) is 0.500. The number of nitriles is 1. The molecule has 17 heavy (non-hydrogen) atoms. The lowest BCUT2D eigenvalue weighted by Gasteiger charge is -2.38. The zero-order chi connectivity index (χ0) is 12.1. The Balaban J connectivity index is 2.00. The van der Waals surface area contributed by atoms with Crippen molar-refractivity contribution in [3.05, 3.63) is 30.3 Å². The van der Waals surface area contributed by atoms with Crippen LogP contribution in [0.1, 0.15) is 12.8 Å². The van der Waals surface area contributed by atoms with Crippen molar-refractivity contribution in [1.82, 2.24) is 4.90 Å². The first-order chi connectivity index (χ1) is 8.31. The first-order valence-electron chi connectivity index (χ1n) is 6.18. The third-order valence-electron chi connectivity index (χ3n) is 3.46. The Bertz CT molecular complexity index is 382. The average Bonchev–Trinajstić information content (AvgIpc) is 2.40. The molecule has 1 unspecified atom stereocenters. The van der Waals surface area contributed by atoms with E-state index in [1.165, 1.54) is 18.5 Å². The maximum atomic E-state index is 8.74. The van der Waals surface area contributed by atoms with Crippen LogP contribution < -0.4 is 4.90 Å². The Morgan fingerprint density at radius 1 is 1.41 bits per heavy atom. The van der Waals surface area contributed by atoms with Crippen LogP contribution in [0.2, 0.25) is 0 Å². The molecule has 0 N–H and O–H groups in total. The lowest BCUT2D eigenvalue weighted by atomic mass is 10.0. The van der Waals surface area contributed by atoms with Crippen LogP contribution in [-0.4, -0.2) is 37.6 Å². The molecule has 3 heteroatoms. The van der Waals surface area contributed by atoms with E-state index in [2.05, 4.69) is 40.1 Å². The summed E-state index contributed by atoms with van der Waals surface area (Å²) in [5.74, 6) is 0. The first kappa shape index (κ1) is 11.9. The fourth-order valence-electron chi connectivity index (χ4n) is 2.43. The molecule has 0 aliphatic carbocycles. The minimum Gasteiger partial charge on any atom is -0.370 e. The molecule has 1 aromatic carbocycles. The number of para-hydroxylation sites is 1. The van der Waals surface area contributed by atoms with Crippen LogP contribution in [0.3, 0.4) is 0 Å². The summed E-state index contributed by atoms with van der Waals surface area (Å²) in [5.41, 5.74) is 1.29. The third-order valence-corrected chi connectivity index (χ3v) is 3.46. The Morgan fingerprint density at radius 2 is 2.18 bits per heavy atom. The molecule has 1 aliphatic rings. The van der Waals surface area contributed by atoms with Gasteiger partial charge in [-0.3, -0.25) is 4.90 Å². The van der Waals surface area contributed by atoms with Crippen molar-refractivity contribution in [3.8, 4) is 6.07 Å². The van der Waals surface area contributed by atoms with Crippen molar-refractivity contribution < 1.29 is 0 Å². The minimum atomic E-state index is 0.503. The van der Waals surface area contributed by atoms with Gasteiger partial charge in [0, 0.05) is 24.8 Å². The molecule has 0 spiro atoms. The standard InChI is InChI=1S/C14H19N3/c1-16(11-9-15)14-8-5-10-17(12-14)13-6-3-2-4-7-13/h2-4,6-7,14H,5,8,10-12H2,1H3. The number of hydrogen-bond acceptors (Lipinski definition) is 3. The van der Waals surface area contributed by atoms with Crippen molar-refractivity contribution in [2.75, 3.05) is 31.6 Å². The molecule has 1 heterocycles. The predicted octanol–water partition coefficient (Wildman–Crippen LogP) is 2.11. The van der Waals surface area contributed by atoms with Crippen LogP contribution in [0.4, 0.5) is 5.69 Å². The monoisotopic (exact) mass is 229 g/mol. The van der Waals surface area contributed by atoms with Crippen LogP contribution >= 0.6 is 0 Å². The van der Waals surface area contributed by atoms with E-state index in [1.807, 2.05) is 13.1 Å². The van der Waals surface area contributed by atoms with E-state index in [0.29, 0.717) is 12.6 Å². The maximum absolute atomic E-state index is 8.74. The highest BCUT2D eigenvalue weighted by Crippen LogP contribution is 2.21. The predicted molar refractivity (Wildman–Crippen MR) is 69.9 cm³/mol. The zero-order valence-electron chi connectivity index (χ0n) is 10.3. The highest BCUT2D eigenvalue weighted by Gasteiger charge is 2.22. The summed E-state index contributed by atoms with van der Waals surface area (Å²) >= 11 is 0. The molecular weight excluding hydrogens is 210 g/mol. The summed E-state index contributed by atoms with van der Waals surface area (Å²) < 4.78 is 0. The maximum Gasteiger partial charge on any atom is 0.0866 e. The number of rotatable bonds is 3. The van der Waals surface area contributed by atoms with E-state index in [4.69, 9.17) is 5.26 Å². The lowest BCUT2D eigenvalue weighted by Crippen LogP contribution is -2.46. The number of hydrogen-bond donors (Lipinski definition) is 0. The van der Waals surface area contributed by atoms with Crippen LogP contribution in [-0.2, 0) is 0 Å². The summed E-state index contributed by atoms with van der Waals surface area (Å²) in [6.07, 6.45) is 2.40. The second-order valence-electron chi connectivity index (χ2n) is 4.65. The van der Waals surface area contributed by atoms with Gasteiger partial charge in [-0.2, -0.15) is 5.26 Å². The van der Waals surface area contributed by atoms with E-state index in [0.717, 1.165) is 13.1 Å². The van der Waals surface area contributed by atoms with E-state index < -0.39 is 0 Å². The molecule has 90 valence electrons. The van der Waals surface area contributed by atoms with Gasteiger partial charge in [0.15, 0.2) is 0 Å². The van der Waals surface area contributed by atoms with Gasteiger partial charge in [-0.15, -0.1) is 0 Å². The van der Waals surface area contributed by atoms with Gasteiger partial charge in [-0.1, -0.05) is 18.2 Å². The van der Waals surface area contributed by atoms with E-state index in [1.54, 1.807) is 0 Å². The third kappa shape index (κ3) is 2.98. The molecule has 2 rings (SSSR count). The normalized spacial score (nSPS) is 20.3. The second kappa shape index (κ2) is 5.70. The summed E-state index contributed by atoms with van der Waals surface area (Å²) in [6, 6.07) is 13.3. The molecule has 1 atom stereocenters. The van der Waals surface area contributed by atoms with Crippen LogP contribution in [0.5, 0.6) is 0 Å². The molecular formula is C14H19N3. The van der Waals surface area contributed by atoms with E-state index in [9.17, 15) is 0 Å². The van der Waals surface area contributed by atoms with Gasteiger partial charge >= 0.3 is 0 Å². The summed E-state index contributed by atoms with van der Waals surface area (Å²) in [4.78, 5) is 4.58. The molecule has 0 radical (unpaired) electrons. The number of likely N-dealkylation sites (N-methyl/N-ethyl adjacent to an activating group) is 1. The zero-order valence-corrected chi connectivity index (χ0v) is 10.3. The van der Waals surface area contributed by atoms with Crippen LogP contribution in [0, 0.1) is 11.3 Å². The minimum absolute atomic E-state index is 0.503. The van der Waals surface area contributed by atoms with Gasteiger partial charge in [0.1, 0.15) is 0 Å². The average molecular weight is 229 g/mol. The summed E-state index contributed by atoms with van der Waals surface area (Å²) in [6.45, 7) is 2.68. The number of nitrogens with zero attached hydrogens (tertiary/aromatic N) is 3. The highest BCUT2D eigenvalue weighted by atomic mass is 15.2. The molecule has 1 fully saturated rings. The first-order valence-corrected chi connectivity index (χ1v) is 6.18. The molecule has 3 nitrogen and oxygen atoms in total. The summed E-state index contributed by atoms with van der Waals surface area (Å²) in [5, 5.41) is 8.74. The summed E-state index contributed by atoms with van der Waals surface area (Å²) in [7, 11) is 2.04. The van der Waals surface area contributed by atoms with Crippen LogP contribution in [0.25, 0.3) is 0 Å². The van der Waals surface area contributed by atoms with Gasteiger partial charge in [0.2, 0.25) is 0 Å². The number of benzene rings is 1. The van der Waals surface area contributed by atoms with Crippen molar-refractivity contribution >= 4 is 5.69 Å². The largest absolute Gasteiger partial charge is 0.370 e. The SMILES string of the molecule is CN(CC#N)C1CCCN(c2ccccc2)C1. The molecule has 1 saturated heterocycles. The topological polar surface area (TPSA) is 30.3 Å². The van der Waals surface area contributed by atoms with Gasteiger partial charge in [-0.05, 0) is 32.0 Å². The van der Waals surface area contributed by atoms with Crippen molar-refractivity contribution in [2.45, 2.75) is 18.9 Å². The smallest absolute Gasteiger partial charge is 0.0866 e. The molecule has 0 bridgehead atoms. The Morgan fingerprint density at radius 3 is 2.88 bits per heavy atom. The molecule has 0 saturated carbocycles.